The van der Waals surface area contributed by atoms with Crippen molar-refractivity contribution in [3.05, 3.63) is 114 Å². The molecule has 0 aliphatic carbocycles. The van der Waals surface area contributed by atoms with Gasteiger partial charge in [0.2, 0.25) is 0 Å². The molecule has 5 aromatic rings. The van der Waals surface area contributed by atoms with Crippen molar-refractivity contribution in [3.8, 4) is 5.69 Å². The number of hydrogen-bond acceptors (Lipinski definition) is 6. The van der Waals surface area contributed by atoms with Gasteiger partial charge in [0.1, 0.15) is 0 Å². The van der Waals surface area contributed by atoms with Crippen LogP contribution in [0.1, 0.15) is 23.9 Å². The van der Waals surface area contributed by atoms with Crippen LogP contribution in [0.2, 0.25) is 0 Å². The molecule has 0 spiro atoms. The Morgan fingerprint density at radius 2 is 1.68 bits per heavy atom. The minimum Gasteiger partial charge on any atom is -0.377 e. The molecule has 0 radical (unpaired) electrons. The summed E-state index contributed by atoms with van der Waals surface area (Å²) in [6.07, 6.45) is 1.64. The summed E-state index contributed by atoms with van der Waals surface area (Å²) in [5.74, 6) is 0.535. The number of carbonyl (C=O) groups is 1. The number of hydrogen-bond donors (Lipinski definition) is 2. The smallest absolute Gasteiger partial charge is 0.253 e. The van der Waals surface area contributed by atoms with Gasteiger partial charge in [-0.2, -0.15) is 5.10 Å². The Morgan fingerprint density at radius 1 is 0.947 bits per heavy atom. The van der Waals surface area contributed by atoms with Crippen molar-refractivity contribution in [1.82, 2.24) is 20.2 Å². The van der Waals surface area contributed by atoms with Gasteiger partial charge in [-0.25, -0.2) is 5.43 Å². The fourth-order valence-corrected chi connectivity index (χ4v) is 4.89. The molecular weight excluding hydrogens is 492 g/mol. The van der Waals surface area contributed by atoms with Crippen LogP contribution in [0.3, 0.4) is 0 Å². The molecule has 0 fully saturated rings. The number of hydrazone groups is 1. The lowest BCUT2D eigenvalue weighted by Gasteiger charge is -2.14. The van der Waals surface area contributed by atoms with E-state index in [2.05, 4.69) is 50.3 Å². The fourth-order valence-electron chi connectivity index (χ4n) is 4.01. The molecule has 2 N–H and O–H groups in total. The molecule has 0 aliphatic rings. The van der Waals surface area contributed by atoms with Crippen LogP contribution >= 0.6 is 11.8 Å². The molecule has 5 rings (SSSR count). The van der Waals surface area contributed by atoms with Crippen molar-refractivity contribution < 1.29 is 4.79 Å². The van der Waals surface area contributed by atoms with E-state index in [9.17, 15) is 4.79 Å². The summed E-state index contributed by atoms with van der Waals surface area (Å²) >= 11 is 1.34. The van der Waals surface area contributed by atoms with Gasteiger partial charge in [0, 0.05) is 16.8 Å². The Hall–Kier alpha value is -4.43. The lowest BCUT2D eigenvalue weighted by molar-refractivity contribution is -0.120. The average molecular weight is 521 g/mol. The number of amides is 1. The van der Waals surface area contributed by atoms with Crippen molar-refractivity contribution in [2.24, 2.45) is 5.10 Å². The number of anilines is 1. The third-order valence-electron chi connectivity index (χ3n) is 6.06. The van der Waals surface area contributed by atoms with Gasteiger partial charge in [0.15, 0.2) is 11.0 Å². The summed E-state index contributed by atoms with van der Waals surface area (Å²) in [5, 5.41) is 19.1. The van der Waals surface area contributed by atoms with E-state index in [1.807, 2.05) is 91.2 Å². The molecule has 0 saturated carbocycles. The van der Waals surface area contributed by atoms with E-state index in [4.69, 9.17) is 0 Å². The number of nitrogens with one attached hydrogen (secondary N) is 2. The Labute approximate surface area is 226 Å². The van der Waals surface area contributed by atoms with E-state index < -0.39 is 5.25 Å². The SMILES string of the molecule is Cc1ccc(/C=N\NC(=O)C(C)Sc2nnc(CNc3cccc4ccccc34)n2-c2ccccc2)cc1. The highest BCUT2D eigenvalue weighted by atomic mass is 32.2. The number of para-hydroxylation sites is 1. The summed E-state index contributed by atoms with van der Waals surface area (Å²) in [6, 6.07) is 32.3. The van der Waals surface area contributed by atoms with Gasteiger partial charge in [-0.15, -0.1) is 10.2 Å². The maximum absolute atomic E-state index is 12.8. The quantitative estimate of drug-likeness (QED) is 0.142. The number of carbonyl (C=O) groups excluding carboxylic acids is 1. The van der Waals surface area contributed by atoms with E-state index in [1.54, 1.807) is 6.21 Å². The first kappa shape index (κ1) is 25.2. The first-order valence-electron chi connectivity index (χ1n) is 12.4. The number of nitrogens with zero attached hydrogens (tertiary/aromatic N) is 4. The second-order valence-corrected chi connectivity index (χ2v) is 10.2. The molecule has 38 heavy (non-hydrogen) atoms. The highest BCUT2D eigenvalue weighted by molar-refractivity contribution is 8.00. The number of rotatable bonds is 9. The molecule has 4 aromatic carbocycles. The molecule has 0 saturated heterocycles. The third kappa shape index (κ3) is 5.92. The third-order valence-corrected chi connectivity index (χ3v) is 7.10. The maximum Gasteiger partial charge on any atom is 0.253 e. The lowest BCUT2D eigenvalue weighted by Crippen LogP contribution is -2.27. The van der Waals surface area contributed by atoms with Crippen LogP contribution in [0, 0.1) is 6.92 Å². The largest absolute Gasteiger partial charge is 0.377 e. The van der Waals surface area contributed by atoms with Crippen LogP contribution in [0.5, 0.6) is 0 Å². The van der Waals surface area contributed by atoms with Crippen LogP contribution in [0.25, 0.3) is 16.5 Å². The molecule has 1 heterocycles. The normalized spacial score (nSPS) is 12.1. The highest BCUT2D eigenvalue weighted by Gasteiger charge is 2.21. The van der Waals surface area contributed by atoms with Gasteiger partial charge >= 0.3 is 0 Å². The predicted octanol–water partition coefficient (Wildman–Crippen LogP) is 5.97. The molecular formula is C30H28N6OS. The van der Waals surface area contributed by atoms with Gasteiger partial charge in [-0.1, -0.05) is 96.2 Å². The zero-order chi connectivity index (χ0) is 26.3. The highest BCUT2D eigenvalue weighted by Crippen LogP contribution is 2.27. The molecule has 1 amide bonds. The maximum atomic E-state index is 12.8. The fraction of sp³-hybridized carbons (Fsp3) is 0.133. The van der Waals surface area contributed by atoms with Gasteiger partial charge in [0.05, 0.1) is 18.0 Å². The molecule has 8 heteroatoms. The van der Waals surface area contributed by atoms with Crippen LogP contribution in [-0.2, 0) is 11.3 Å². The topological polar surface area (TPSA) is 84.2 Å². The van der Waals surface area contributed by atoms with E-state index in [-0.39, 0.29) is 5.91 Å². The van der Waals surface area contributed by atoms with Gasteiger partial charge in [-0.05, 0) is 43.0 Å². The Morgan fingerprint density at radius 3 is 2.50 bits per heavy atom. The number of aryl methyl sites for hydroxylation is 1. The van der Waals surface area contributed by atoms with Crippen molar-refractivity contribution in [2.45, 2.75) is 30.8 Å². The summed E-state index contributed by atoms with van der Waals surface area (Å²) in [6.45, 7) is 4.33. The minimum absolute atomic E-state index is 0.212. The first-order chi connectivity index (χ1) is 18.6. The lowest BCUT2D eigenvalue weighted by atomic mass is 10.1. The zero-order valence-corrected chi connectivity index (χ0v) is 22.0. The van der Waals surface area contributed by atoms with Crippen molar-refractivity contribution in [1.29, 1.82) is 0 Å². The van der Waals surface area contributed by atoms with E-state index >= 15 is 0 Å². The summed E-state index contributed by atoms with van der Waals surface area (Å²) in [4.78, 5) is 12.8. The summed E-state index contributed by atoms with van der Waals surface area (Å²) in [5.41, 5.74) is 6.68. The summed E-state index contributed by atoms with van der Waals surface area (Å²) < 4.78 is 1.99. The van der Waals surface area contributed by atoms with Crippen molar-refractivity contribution >= 4 is 40.3 Å². The standard InChI is InChI=1S/C30H28N6OS/c1-21-15-17-23(18-16-21)19-32-34-29(37)22(2)38-30-35-33-28(36(30)25-11-4-3-5-12-25)20-31-27-14-8-10-24-9-6-7-13-26(24)27/h3-19,22,31H,20H2,1-2H3,(H,34,37)/b32-19-. The molecule has 1 aromatic heterocycles. The second-order valence-electron chi connectivity index (χ2n) is 8.86. The zero-order valence-electron chi connectivity index (χ0n) is 21.2. The average Bonchev–Trinajstić information content (AvgIpc) is 3.35. The second kappa shape index (κ2) is 11.7. The molecule has 7 nitrogen and oxygen atoms in total. The van der Waals surface area contributed by atoms with Gasteiger partial charge in [-0.3, -0.25) is 9.36 Å². The summed E-state index contributed by atoms with van der Waals surface area (Å²) in [7, 11) is 0. The van der Waals surface area contributed by atoms with Crippen LogP contribution in [0.4, 0.5) is 5.69 Å². The number of benzene rings is 4. The van der Waals surface area contributed by atoms with E-state index in [0.29, 0.717) is 11.7 Å². The first-order valence-corrected chi connectivity index (χ1v) is 13.2. The van der Waals surface area contributed by atoms with Crippen LogP contribution in [-0.4, -0.2) is 32.1 Å². The van der Waals surface area contributed by atoms with Crippen molar-refractivity contribution in [3.63, 3.8) is 0 Å². The molecule has 1 atom stereocenters. The van der Waals surface area contributed by atoms with E-state index in [0.717, 1.165) is 28.1 Å². The minimum atomic E-state index is -0.435. The van der Waals surface area contributed by atoms with Gasteiger partial charge < -0.3 is 5.32 Å². The van der Waals surface area contributed by atoms with Crippen LogP contribution in [0.15, 0.2) is 107 Å². The van der Waals surface area contributed by atoms with E-state index in [1.165, 1.54) is 22.7 Å². The molecule has 0 bridgehead atoms. The Bertz CT molecular complexity index is 1560. The molecule has 190 valence electrons. The monoisotopic (exact) mass is 520 g/mol. The molecule has 1 unspecified atom stereocenters. The number of fused-ring (bicyclic) bond motifs is 1. The predicted molar refractivity (Wildman–Crippen MR) is 155 cm³/mol. The Kier molecular flexibility index (Phi) is 7.80. The Balaban J connectivity index is 1.32. The number of aromatic nitrogens is 3. The van der Waals surface area contributed by atoms with Crippen molar-refractivity contribution in [2.75, 3.05) is 5.32 Å². The van der Waals surface area contributed by atoms with Gasteiger partial charge in [0.25, 0.3) is 5.91 Å². The van der Waals surface area contributed by atoms with Crippen LogP contribution < -0.4 is 10.7 Å². The number of thioether (sulfide) groups is 1. The molecule has 0 aliphatic heterocycles.